The molecule has 0 radical (unpaired) electrons. The second-order valence-electron chi connectivity index (χ2n) is 6.62. The van der Waals surface area contributed by atoms with Crippen LogP contribution >= 0.6 is 11.3 Å². The van der Waals surface area contributed by atoms with Crippen molar-refractivity contribution in [3.8, 4) is 33.2 Å². The molecule has 0 saturated heterocycles. The summed E-state index contributed by atoms with van der Waals surface area (Å²) in [6, 6.07) is 28.8. The summed E-state index contributed by atoms with van der Waals surface area (Å²) in [5.41, 5.74) is 5.11. The predicted molar refractivity (Wildman–Crippen MR) is 114 cm³/mol. The first kappa shape index (κ1) is 15.5. The predicted octanol–water partition coefficient (Wildman–Crippen LogP) is 5.78. The molecular formula is C23H14N4S. The van der Waals surface area contributed by atoms with E-state index < -0.39 is 0 Å². The standard InChI is InChI=1S/C23H14N4S/c1-3-9-15(10-4-1)20-21(16-11-5-2-6-12-16)28-23-25-19-17-13-7-8-14-18(17)24-22(19)26-27(20)23/h1-14H. The van der Waals surface area contributed by atoms with Crippen molar-refractivity contribution in [2.75, 3.05) is 0 Å². The van der Waals surface area contributed by atoms with Crippen LogP contribution in [-0.4, -0.2) is 19.6 Å². The molecule has 5 heteroatoms. The molecule has 6 rings (SSSR count). The number of thiazole rings is 1. The third-order valence-electron chi connectivity index (χ3n) is 4.88. The fourth-order valence-electron chi connectivity index (χ4n) is 3.60. The smallest absolute Gasteiger partial charge is 0.212 e. The average molecular weight is 378 g/mol. The molecule has 0 saturated carbocycles. The zero-order chi connectivity index (χ0) is 18.5. The first-order valence-corrected chi connectivity index (χ1v) is 9.89. The van der Waals surface area contributed by atoms with E-state index in [1.54, 1.807) is 11.3 Å². The summed E-state index contributed by atoms with van der Waals surface area (Å²) in [5, 5.41) is 5.94. The largest absolute Gasteiger partial charge is 0.225 e. The molecule has 4 nitrogen and oxygen atoms in total. The molecule has 0 atom stereocenters. The lowest BCUT2D eigenvalue weighted by Crippen LogP contribution is -2.00. The van der Waals surface area contributed by atoms with Crippen molar-refractivity contribution in [2.24, 2.45) is 0 Å². The van der Waals surface area contributed by atoms with Gasteiger partial charge in [-0.3, -0.25) is 0 Å². The molecule has 4 aromatic rings. The number of hydrogen-bond acceptors (Lipinski definition) is 4. The van der Waals surface area contributed by atoms with Gasteiger partial charge in [-0.1, -0.05) is 90.2 Å². The lowest BCUT2D eigenvalue weighted by Gasteiger charge is -2.06. The van der Waals surface area contributed by atoms with Crippen LogP contribution in [0.5, 0.6) is 0 Å². The molecule has 0 unspecified atom stereocenters. The molecule has 2 aliphatic heterocycles. The van der Waals surface area contributed by atoms with Crippen LogP contribution in [0.1, 0.15) is 0 Å². The first-order chi connectivity index (χ1) is 13.9. The van der Waals surface area contributed by atoms with E-state index in [9.17, 15) is 0 Å². The van der Waals surface area contributed by atoms with E-state index in [0.29, 0.717) is 5.82 Å². The topological polar surface area (TPSA) is 43.1 Å². The van der Waals surface area contributed by atoms with Gasteiger partial charge in [0, 0.05) is 10.9 Å². The van der Waals surface area contributed by atoms with E-state index in [1.165, 1.54) is 0 Å². The van der Waals surface area contributed by atoms with Gasteiger partial charge >= 0.3 is 0 Å². The Hall–Kier alpha value is -3.57. The van der Waals surface area contributed by atoms with Crippen molar-refractivity contribution in [3.63, 3.8) is 0 Å². The molecule has 1 aromatic heterocycles. The maximum absolute atomic E-state index is 4.95. The Morgan fingerprint density at radius 2 is 1.36 bits per heavy atom. The monoisotopic (exact) mass is 378 g/mol. The zero-order valence-corrected chi connectivity index (χ0v) is 15.6. The average Bonchev–Trinajstić information content (AvgIpc) is 3.31. The molecular weight excluding hydrogens is 364 g/mol. The molecule has 0 N–H and O–H groups in total. The molecule has 3 heterocycles. The Kier molecular flexibility index (Phi) is 3.30. The summed E-state index contributed by atoms with van der Waals surface area (Å²) in [6.07, 6.45) is 0. The Bertz CT molecular complexity index is 1400. The van der Waals surface area contributed by atoms with Crippen LogP contribution in [0.15, 0.2) is 84.9 Å². The van der Waals surface area contributed by atoms with Crippen molar-refractivity contribution in [1.29, 1.82) is 0 Å². The van der Waals surface area contributed by atoms with Crippen LogP contribution in [0.4, 0.5) is 0 Å². The summed E-state index contributed by atoms with van der Waals surface area (Å²) in [5.74, 6) is 0.674. The molecule has 3 aromatic carbocycles. The second-order valence-corrected chi connectivity index (χ2v) is 7.60. The molecule has 0 bridgehead atoms. The van der Waals surface area contributed by atoms with E-state index in [0.717, 1.165) is 43.3 Å². The van der Waals surface area contributed by atoms with Gasteiger partial charge in [-0.2, -0.15) is 0 Å². The van der Waals surface area contributed by atoms with Gasteiger partial charge in [-0.15, -0.1) is 5.10 Å². The minimum Gasteiger partial charge on any atom is -0.225 e. The van der Waals surface area contributed by atoms with Gasteiger partial charge in [-0.05, 0) is 11.6 Å². The minimum atomic E-state index is 0.674. The van der Waals surface area contributed by atoms with Crippen LogP contribution in [0, 0.1) is 0 Å². The molecule has 0 amide bonds. The van der Waals surface area contributed by atoms with Crippen LogP contribution in [-0.2, 0) is 0 Å². The van der Waals surface area contributed by atoms with Crippen molar-refractivity contribution in [3.05, 3.63) is 84.9 Å². The number of nitrogens with zero attached hydrogens (tertiary/aromatic N) is 4. The number of benzene rings is 3. The quantitative estimate of drug-likeness (QED) is 0.384. The third kappa shape index (κ3) is 2.27. The minimum absolute atomic E-state index is 0.674. The molecule has 132 valence electrons. The second kappa shape index (κ2) is 5.97. The highest BCUT2D eigenvalue weighted by Gasteiger charge is 2.22. The summed E-state index contributed by atoms with van der Waals surface area (Å²) in [7, 11) is 0. The molecule has 0 aliphatic carbocycles. The van der Waals surface area contributed by atoms with E-state index in [4.69, 9.17) is 15.1 Å². The van der Waals surface area contributed by atoms with Gasteiger partial charge in [0.15, 0.2) is 5.82 Å². The number of rotatable bonds is 2. The SMILES string of the molecule is c1ccc(-c2sc3nc4c5ccccc5nc-4nn3c2-c2ccccc2)cc1. The normalized spacial score (nSPS) is 11.6. The Labute approximate surface area is 165 Å². The summed E-state index contributed by atoms with van der Waals surface area (Å²) in [4.78, 5) is 11.7. The van der Waals surface area contributed by atoms with Crippen LogP contribution in [0.3, 0.4) is 0 Å². The van der Waals surface area contributed by atoms with Crippen molar-refractivity contribution in [1.82, 2.24) is 19.6 Å². The maximum atomic E-state index is 4.95. The summed E-state index contributed by atoms with van der Waals surface area (Å²) in [6.45, 7) is 0. The molecule has 0 spiro atoms. The highest BCUT2D eigenvalue weighted by molar-refractivity contribution is 7.20. The van der Waals surface area contributed by atoms with E-state index in [-0.39, 0.29) is 0 Å². The summed E-state index contributed by atoms with van der Waals surface area (Å²) >= 11 is 1.66. The lowest BCUT2D eigenvalue weighted by molar-refractivity contribution is 0.914. The highest BCUT2D eigenvalue weighted by Crippen LogP contribution is 2.40. The van der Waals surface area contributed by atoms with Crippen LogP contribution < -0.4 is 0 Å². The van der Waals surface area contributed by atoms with Gasteiger partial charge in [-0.25, -0.2) is 14.5 Å². The van der Waals surface area contributed by atoms with E-state index in [1.807, 2.05) is 34.8 Å². The maximum Gasteiger partial charge on any atom is 0.212 e. The van der Waals surface area contributed by atoms with Crippen LogP contribution in [0.25, 0.3) is 49.1 Å². The molecule has 2 aliphatic rings. The number of fused-ring (bicyclic) bond motifs is 4. The Balaban J connectivity index is 1.74. The van der Waals surface area contributed by atoms with Crippen molar-refractivity contribution < 1.29 is 0 Å². The highest BCUT2D eigenvalue weighted by atomic mass is 32.1. The van der Waals surface area contributed by atoms with E-state index >= 15 is 0 Å². The van der Waals surface area contributed by atoms with Crippen LogP contribution in [0.2, 0.25) is 0 Å². The summed E-state index contributed by atoms with van der Waals surface area (Å²) < 4.78 is 1.94. The van der Waals surface area contributed by atoms with Crippen molar-refractivity contribution >= 4 is 27.2 Å². The van der Waals surface area contributed by atoms with Gasteiger partial charge in [0.05, 0.1) is 16.1 Å². The first-order valence-electron chi connectivity index (χ1n) is 9.07. The lowest BCUT2D eigenvalue weighted by atomic mass is 10.1. The van der Waals surface area contributed by atoms with Gasteiger partial charge in [0.1, 0.15) is 5.69 Å². The van der Waals surface area contributed by atoms with Crippen molar-refractivity contribution in [2.45, 2.75) is 0 Å². The number of hydrogen-bond donors (Lipinski definition) is 0. The third-order valence-corrected chi connectivity index (χ3v) is 5.96. The van der Waals surface area contributed by atoms with Gasteiger partial charge in [0.25, 0.3) is 0 Å². The number of aromatic nitrogens is 4. The fraction of sp³-hybridized carbons (Fsp3) is 0. The van der Waals surface area contributed by atoms with Gasteiger partial charge < -0.3 is 0 Å². The molecule has 0 fully saturated rings. The number of para-hydroxylation sites is 1. The Morgan fingerprint density at radius 3 is 2.14 bits per heavy atom. The fourth-order valence-corrected chi connectivity index (χ4v) is 4.69. The van der Waals surface area contributed by atoms with E-state index in [2.05, 4.69) is 54.6 Å². The molecule has 28 heavy (non-hydrogen) atoms. The Morgan fingerprint density at radius 1 is 0.679 bits per heavy atom. The zero-order valence-electron chi connectivity index (χ0n) is 14.8. The van der Waals surface area contributed by atoms with Gasteiger partial charge in [0.2, 0.25) is 4.96 Å².